The number of thiophene rings is 2. The van der Waals surface area contributed by atoms with Gasteiger partial charge in [0.15, 0.2) is 0 Å². The van der Waals surface area contributed by atoms with Crippen molar-refractivity contribution in [1.82, 2.24) is 4.57 Å². The summed E-state index contributed by atoms with van der Waals surface area (Å²) in [7, 11) is 0.843. The molecule has 0 amide bonds. The fourth-order valence-corrected chi connectivity index (χ4v) is 13.4. The molecule has 0 saturated heterocycles. The summed E-state index contributed by atoms with van der Waals surface area (Å²) >= 11 is 3.87. The van der Waals surface area contributed by atoms with Crippen LogP contribution in [0.4, 0.5) is 28.4 Å². The number of aromatic nitrogens is 1. The Morgan fingerprint density at radius 3 is 1.62 bits per heavy atom. The van der Waals surface area contributed by atoms with Gasteiger partial charge in [0.2, 0.25) is 7.28 Å². The summed E-state index contributed by atoms with van der Waals surface area (Å²) in [5.74, 6) is 0. The lowest BCUT2D eigenvalue weighted by molar-refractivity contribution is 0.590. The standard InChI is InChI=1S/C66H64BN3S2/c1-63(2,3)39-17-24-43(25-18-39)68-54-33-30-46(69(44-26-19-40(20-27-44)64(4,5)6)45-28-21-41(22-29-45)65(7,8)9)36-50(54)48-31-32-49-51-38-58-52(47-15-13-14-16-56(47)71-58)37-55(51)70-60(49)59(48)67-62-61(70)53-35-42(66(10,11)12)23-34-57(53)72-62/h13-38,67-68H,1-12H3. The first kappa shape index (κ1) is 46.5. The average molecular weight is 974 g/mol. The molecule has 11 aromatic rings. The highest BCUT2D eigenvalue weighted by atomic mass is 32.1. The fraction of sp³-hybridized carbons (Fsp3) is 0.242. The average Bonchev–Trinajstić information content (AvgIpc) is 4.00. The smallest absolute Gasteiger partial charge is 0.211 e. The Morgan fingerprint density at radius 1 is 0.431 bits per heavy atom. The van der Waals surface area contributed by atoms with Crippen molar-refractivity contribution in [3.05, 3.63) is 180 Å². The van der Waals surface area contributed by atoms with Gasteiger partial charge in [-0.1, -0.05) is 156 Å². The Balaban J connectivity index is 1.13. The number of rotatable bonds is 6. The molecule has 12 rings (SSSR count). The van der Waals surface area contributed by atoms with Gasteiger partial charge in [-0.2, -0.15) is 0 Å². The molecule has 0 spiro atoms. The van der Waals surface area contributed by atoms with Crippen LogP contribution in [0.5, 0.6) is 0 Å². The zero-order valence-corrected chi connectivity index (χ0v) is 45.6. The number of nitrogens with zero attached hydrogens (tertiary/aromatic N) is 2. The maximum atomic E-state index is 3.98. The van der Waals surface area contributed by atoms with Crippen molar-refractivity contribution >= 4 is 121 Å². The van der Waals surface area contributed by atoms with Crippen molar-refractivity contribution in [2.75, 3.05) is 10.2 Å². The molecule has 72 heavy (non-hydrogen) atoms. The summed E-state index contributed by atoms with van der Waals surface area (Å²) in [5.41, 5.74) is 18.7. The molecular formula is C66H64BN3S2. The van der Waals surface area contributed by atoms with Gasteiger partial charge in [0.25, 0.3) is 0 Å². The summed E-state index contributed by atoms with van der Waals surface area (Å²) in [6.07, 6.45) is 0. The molecule has 0 aliphatic carbocycles. The molecule has 0 bridgehead atoms. The zero-order chi connectivity index (χ0) is 50.2. The van der Waals surface area contributed by atoms with Gasteiger partial charge >= 0.3 is 0 Å². The molecule has 0 atom stereocenters. The molecule has 3 nitrogen and oxygen atoms in total. The van der Waals surface area contributed by atoms with Gasteiger partial charge in [0.1, 0.15) is 0 Å². The molecule has 1 N–H and O–H groups in total. The van der Waals surface area contributed by atoms with E-state index in [0.717, 1.165) is 35.7 Å². The van der Waals surface area contributed by atoms with E-state index < -0.39 is 0 Å². The summed E-state index contributed by atoms with van der Waals surface area (Å²) in [4.78, 5) is 2.44. The third kappa shape index (κ3) is 7.85. The summed E-state index contributed by atoms with van der Waals surface area (Å²) in [6, 6.07) is 60.5. The van der Waals surface area contributed by atoms with Gasteiger partial charge in [-0.05, 0) is 145 Å². The number of fused-ring (bicyclic) bond motifs is 10. The highest BCUT2D eigenvalue weighted by Crippen LogP contribution is 2.46. The lowest BCUT2D eigenvalue weighted by atomic mass is 9.63. The zero-order valence-electron chi connectivity index (χ0n) is 43.9. The van der Waals surface area contributed by atoms with Crippen LogP contribution in [0, 0.1) is 0 Å². The minimum Gasteiger partial charge on any atom is -0.355 e. The summed E-state index contributed by atoms with van der Waals surface area (Å²) in [5, 5.41) is 10.6. The molecular weight excluding hydrogens is 910 g/mol. The lowest BCUT2D eigenvalue weighted by Gasteiger charge is -2.29. The first-order chi connectivity index (χ1) is 34.2. The Kier molecular flexibility index (Phi) is 10.6. The molecule has 1 aliphatic heterocycles. The Labute approximate surface area is 434 Å². The lowest BCUT2D eigenvalue weighted by Crippen LogP contribution is -2.35. The highest BCUT2D eigenvalue weighted by Gasteiger charge is 2.31. The van der Waals surface area contributed by atoms with Crippen LogP contribution < -0.4 is 20.5 Å². The number of nitrogens with one attached hydrogen (secondary N) is 1. The van der Waals surface area contributed by atoms with Crippen LogP contribution in [0.1, 0.15) is 105 Å². The minimum atomic E-state index is 0.0250. The number of hydrogen-bond acceptors (Lipinski definition) is 4. The number of hydrogen-bond donors (Lipinski definition) is 1. The van der Waals surface area contributed by atoms with Gasteiger partial charge in [0, 0.05) is 80.5 Å². The Morgan fingerprint density at radius 2 is 1.00 bits per heavy atom. The molecule has 4 heterocycles. The highest BCUT2D eigenvalue weighted by molar-refractivity contribution is 7.29. The van der Waals surface area contributed by atoms with E-state index in [2.05, 4.69) is 256 Å². The van der Waals surface area contributed by atoms with Crippen molar-refractivity contribution < 1.29 is 0 Å². The third-order valence-corrected chi connectivity index (χ3v) is 17.5. The van der Waals surface area contributed by atoms with E-state index in [9.17, 15) is 0 Å². The first-order valence-corrected chi connectivity index (χ1v) is 27.3. The van der Waals surface area contributed by atoms with Crippen LogP contribution in [0.15, 0.2) is 158 Å². The third-order valence-electron chi connectivity index (χ3n) is 15.3. The second kappa shape index (κ2) is 16.5. The second-order valence-electron chi connectivity index (χ2n) is 24.4. The molecule has 0 saturated carbocycles. The maximum absolute atomic E-state index is 3.98. The van der Waals surface area contributed by atoms with Gasteiger partial charge in [-0.25, -0.2) is 0 Å². The topological polar surface area (TPSA) is 20.2 Å². The predicted octanol–water partition coefficient (Wildman–Crippen LogP) is 18.1. The Hall–Kier alpha value is -6.60. The number of anilines is 5. The van der Waals surface area contributed by atoms with Crippen molar-refractivity contribution in [2.24, 2.45) is 0 Å². The van der Waals surface area contributed by atoms with E-state index in [1.165, 1.54) is 101 Å². The van der Waals surface area contributed by atoms with Crippen LogP contribution >= 0.6 is 22.7 Å². The van der Waals surface area contributed by atoms with Crippen LogP contribution in [-0.4, -0.2) is 11.8 Å². The van der Waals surface area contributed by atoms with Gasteiger partial charge in [-0.15, -0.1) is 22.7 Å². The van der Waals surface area contributed by atoms with Crippen LogP contribution in [0.25, 0.3) is 68.9 Å². The monoisotopic (exact) mass is 973 g/mol. The predicted molar refractivity (Wildman–Crippen MR) is 320 cm³/mol. The largest absolute Gasteiger partial charge is 0.355 e. The molecule has 0 unspecified atom stereocenters. The first-order valence-electron chi connectivity index (χ1n) is 25.7. The molecule has 6 heteroatoms. The van der Waals surface area contributed by atoms with E-state index in [4.69, 9.17) is 0 Å². The van der Waals surface area contributed by atoms with Crippen LogP contribution in [0.3, 0.4) is 0 Å². The van der Waals surface area contributed by atoms with Gasteiger partial charge in [-0.3, -0.25) is 0 Å². The van der Waals surface area contributed by atoms with Crippen molar-refractivity contribution in [3.63, 3.8) is 0 Å². The van der Waals surface area contributed by atoms with Gasteiger partial charge < -0.3 is 14.8 Å². The molecule has 8 aromatic carbocycles. The molecule has 0 radical (unpaired) electrons. The van der Waals surface area contributed by atoms with E-state index in [1.807, 2.05) is 22.7 Å². The van der Waals surface area contributed by atoms with Crippen LogP contribution in [0.2, 0.25) is 0 Å². The van der Waals surface area contributed by atoms with Crippen molar-refractivity contribution in [1.29, 1.82) is 0 Å². The summed E-state index contributed by atoms with van der Waals surface area (Å²) < 4.78 is 8.09. The maximum Gasteiger partial charge on any atom is 0.211 e. The SMILES string of the molecule is CC(C)(C)c1ccc(Nc2ccc(N(c3ccc(C(C)(C)C)cc3)c3ccc(C(C)(C)C)cc3)cc2-c2ccc3c4cc5sc6ccccc6c5cc4n4c3c2Bc2sc3ccc(C(C)(C)C)cc3c2-4)cc1. The quantitative estimate of drug-likeness (QED) is 0.168. The fourth-order valence-electron chi connectivity index (χ4n) is 11.1. The van der Waals surface area contributed by atoms with E-state index >= 15 is 0 Å². The van der Waals surface area contributed by atoms with E-state index in [1.54, 1.807) is 0 Å². The molecule has 1 aliphatic rings. The van der Waals surface area contributed by atoms with Crippen molar-refractivity contribution in [2.45, 2.75) is 105 Å². The van der Waals surface area contributed by atoms with E-state index in [0.29, 0.717) is 0 Å². The molecule has 358 valence electrons. The Bertz CT molecular complexity index is 3880. The normalized spacial score (nSPS) is 13.1. The van der Waals surface area contributed by atoms with Crippen molar-refractivity contribution in [3.8, 4) is 16.8 Å². The second-order valence-corrected chi connectivity index (χ2v) is 26.6. The molecule has 3 aromatic heterocycles. The minimum absolute atomic E-state index is 0.0250. The molecule has 0 fully saturated rings. The van der Waals surface area contributed by atoms with Crippen LogP contribution in [-0.2, 0) is 21.7 Å². The number of benzene rings is 8. The van der Waals surface area contributed by atoms with E-state index in [-0.39, 0.29) is 21.7 Å². The van der Waals surface area contributed by atoms with Gasteiger partial charge in [0.05, 0.1) is 11.2 Å². The summed E-state index contributed by atoms with van der Waals surface area (Å²) in [6.45, 7) is 27.6.